The van der Waals surface area contributed by atoms with E-state index in [0.29, 0.717) is 40.6 Å². The van der Waals surface area contributed by atoms with E-state index in [2.05, 4.69) is 25.8 Å². The van der Waals surface area contributed by atoms with Crippen molar-refractivity contribution in [3.63, 3.8) is 0 Å². The standard InChI is InChI=1S/C23H27N5O4S2/c1-30-22(29)18-14-6-4-2-3-5-7-17(14)34-21(18)25-23(33)24-15-8-9-16(20-19(15)26-32-27-20)28-10-12-31-13-11-28/h8-9H,2-7,10-13H2,1H3,(H2,24,25,33). The van der Waals surface area contributed by atoms with Crippen molar-refractivity contribution in [2.24, 2.45) is 0 Å². The van der Waals surface area contributed by atoms with Gasteiger partial charge in [-0.1, -0.05) is 12.8 Å². The van der Waals surface area contributed by atoms with E-state index in [9.17, 15) is 4.79 Å². The maximum absolute atomic E-state index is 12.7. The molecule has 1 aliphatic carbocycles. The number of aromatic nitrogens is 2. The van der Waals surface area contributed by atoms with Gasteiger partial charge < -0.3 is 25.0 Å². The van der Waals surface area contributed by atoms with Gasteiger partial charge in [0.1, 0.15) is 5.00 Å². The van der Waals surface area contributed by atoms with E-state index in [-0.39, 0.29) is 5.97 Å². The Morgan fingerprint density at radius 1 is 1.09 bits per heavy atom. The molecule has 2 aromatic heterocycles. The first-order valence-electron chi connectivity index (χ1n) is 11.5. The lowest BCUT2D eigenvalue weighted by molar-refractivity contribution is 0.0601. The molecule has 1 saturated heterocycles. The third kappa shape index (κ3) is 4.59. The van der Waals surface area contributed by atoms with Crippen LogP contribution in [-0.2, 0) is 22.3 Å². The van der Waals surface area contributed by atoms with Crippen molar-refractivity contribution in [2.75, 3.05) is 48.9 Å². The fourth-order valence-electron chi connectivity index (χ4n) is 4.60. The molecule has 9 nitrogen and oxygen atoms in total. The molecular weight excluding hydrogens is 474 g/mol. The monoisotopic (exact) mass is 501 g/mol. The van der Waals surface area contributed by atoms with Crippen molar-refractivity contribution >= 4 is 62.0 Å². The minimum absolute atomic E-state index is 0.332. The lowest BCUT2D eigenvalue weighted by atomic mass is 9.96. The molecule has 1 aliphatic heterocycles. The number of aryl methyl sites for hydroxylation is 1. The van der Waals surface area contributed by atoms with E-state index < -0.39 is 0 Å². The van der Waals surface area contributed by atoms with Crippen LogP contribution in [0.3, 0.4) is 0 Å². The molecule has 1 fully saturated rings. The quantitative estimate of drug-likeness (QED) is 0.396. The molecule has 3 heterocycles. The number of thiocarbonyl (C=S) groups is 1. The molecule has 0 saturated carbocycles. The molecule has 11 heteroatoms. The smallest absolute Gasteiger partial charge is 0.341 e. The van der Waals surface area contributed by atoms with Crippen molar-refractivity contribution in [3.8, 4) is 0 Å². The summed E-state index contributed by atoms with van der Waals surface area (Å²) in [6.45, 7) is 2.92. The van der Waals surface area contributed by atoms with Crippen LogP contribution in [0.1, 0.15) is 46.5 Å². The summed E-state index contributed by atoms with van der Waals surface area (Å²) in [6.07, 6.45) is 6.45. The first-order valence-corrected chi connectivity index (χ1v) is 12.8. The number of nitrogens with one attached hydrogen (secondary N) is 2. The van der Waals surface area contributed by atoms with E-state index in [4.69, 9.17) is 26.3 Å². The van der Waals surface area contributed by atoms with Gasteiger partial charge in [0.2, 0.25) is 0 Å². The normalized spacial score (nSPS) is 16.4. The Morgan fingerprint density at radius 3 is 2.65 bits per heavy atom. The molecule has 0 spiro atoms. The topological polar surface area (TPSA) is 102 Å². The number of morpholine rings is 1. The van der Waals surface area contributed by atoms with Crippen LogP contribution >= 0.6 is 23.6 Å². The third-order valence-corrected chi connectivity index (χ3v) is 7.69. The SMILES string of the molecule is COC(=O)c1c(NC(=S)Nc2ccc(N3CCOCC3)c3nonc23)sc2c1CCCCCC2. The van der Waals surface area contributed by atoms with Crippen LogP contribution in [0, 0.1) is 0 Å². The second-order valence-electron chi connectivity index (χ2n) is 8.39. The highest BCUT2D eigenvalue weighted by molar-refractivity contribution is 7.80. The molecule has 0 atom stereocenters. The van der Waals surface area contributed by atoms with E-state index in [0.717, 1.165) is 55.0 Å². The molecule has 1 aromatic carbocycles. The summed E-state index contributed by atoms with van der Waals surface area (Å²) in [7, 11) is 1.42. The van der Waals surface area contributed by atoms with Crippen molar-refractivity contribution in [3.05, 3.63) is 28.1 Å². The van der Waals surface area contributed by atoms with Gasteiger partial charge in [-0.25, -0.2) is 9.42 Å². The average molecular weight is 502 g/mol. The van der Waals surface area contributed by atoms with Crippen molar-refractivity contribution in [2.45, 2.75) is 38.5 Å². The van der Waals surface area contributed by atoms with Crippen LogP contribution in [0.2, 0.25) is 0 Å². The predicted molar refractivity (Wildman–Crippen MR) is 136 cm³/mol. The van der Waals surface area contributed by atoms with Crippen molar-refractivity contribution in [1.29, 1.82) is 0 Å². The van der Waals surface area contributed by atoms with Crippen LogP contribution in [0.4, 0.5) is 16.4 Å². The van der Waals surface area contributed by atoms with Crippen LogP contribution in [-0.4, -0.2) is 54.8 Å². The summed E-state index contributed by atoms with van der Waals surface area (Å²) < 4.78 is 15.6. The highest BCUT2D eigenvalue weighted by Crippen LogP contribution is 2.38. The minimum Gasteiger partial charge on any atom is -0.465 e. The first kappa shape index (κ1) is 23.0. The maximum atomic E-state index is 12.7. The molecule has 0 bridgehead atoms. The van der Waals surface area contributed by atoms with Crippen molar-refractivity contribution in [1.82, 2.24) is 10.3 Å². The van der Waals surface area contributed by atoms with E-state index in [1.807, 2.05) is 12.1 Å². The molecule has 3 aromatic rings. The summed E-state index contributed by atoms with van der Waals surface area (Å²) in [5.41, 5.74) is 4.60. The Morgan fingerprint density at radius 2 is 1.85 bits per heavy atom. The number of fused-ring (bicyclic) bond motifs is 2. The number of benzene rings is 1. The Kier molecular flexibility index (Phi) is 6.93. The van der Waals surface area contributed by atoms with Gasteiger partial charge in [0.05, 0.1) is 37.3 Å². The van der Waals surface area contributed by atoms with E-state index >= 15 is 0 Å². The lowest BCUT2D eigenvalue weighted by Crippen LogP contribution is -2.36. The number of carbonyl (C=O) groups is 1. The number of hydrogen-bond acceptors (Lipinski definition) is 9. The van der Waals surface area contributed by atoms with Gasteiger partial charge in [0.25, 0.3) is 0 Å². The second kappa shape index (κ2) is 10.2. The Bertz CT molecular complexity index is 1200. The summed E-state index contributed by atoms with van der Waals surface area (Å²) in [5.74, 6) is -0.332. The fourth-order valence-corrected chi connectivity index (χ4v) is 6.15. The van der Waals surface area contributed by atoms with Gasteiger partial charge in [-0.3, -0.25) is 0 Å². The Hall–Kier alpha value is -2.76. The van der Waals surface area contributed by atoms with Gasteiger partial charge in [-0.2, -0.15) is 0 Å². The average Bonchev–Trinajstić information content (AvgIpc) is 3.45. The van der Waals surface area contributed by atoms with Gasteiger partial charge in [-0.05, 0) is 65.9 Å². The molecule has 34 heavy (non-hydrogen) atoms. The number of methoxy groups -OCH3 is 1. The number of anilines is 3. The number of nitrogens with zero attached hydrogens (tertiary/aromatic N) is 3. The Labute approximate surface area is 206 Å². The van der Waals surface area contributed by atoms with Gasteiger partial charge in [0, 0.05) is 18.0 Å². The van der Waals surface area contributed by atoms with Gasteiger partial charge >= 0.3 is 5.97 Å². The summed E-state index contributed by atoms with van der Waals surface area (Å²) in [5, 5.41) is 15.8. The number of rotatable bonds is 4. The van der Waals surface area contributed by atoms with E-state index in [1.54, 1.807) is 11.3 Å². The molecule has 5 rings (SSSR count). The number of thiophene rings is 1. The second-order valence-corrected chi connectivity index (χ2v) is 9.90. The number of carbonyl (C=O) groups excluding carboxylic acids is 1. The first-order chi connectivity index (χ1) is 16.7. The largest absolute Gasteiger partial charge is 0.465 e. The molecule has 0 radical (unpaired) electrons. The third-order valence-electron chi connectivity index (χ3n) is 6.28. The molecule has 0 amide bonds. The Balaban J connectivity index is 1.39. The summed E-state index contributed by atoms with van der Waals surface area (Å²) >= 11 is 7.21. The van der Waals surface area contributed by atoms with Gasteiger partial charge in [0.15, 0.2) is 16.1 Å². The molecule has 0 unspecified atom stereocenters. The highest BCUT2D eigenvalue weighted by Gasteiger charge is 2.26. The zero-order valence-corrected chi connectivity index (χ0v) is 20.6. The lowest BCUT2D eigenvalue weighted by Gasteiger charge is -2.28. The number of ether oxygens (including phenoxy) is 2. The molecule has 2 N–H and O–H groups in total. The number of esters is 1. The molecule has 2 aliphatic rings. The van der Waals surface area contributed by atoms with Crippen LogP contribution < -0.4 is 15.5 Å². The minimum atomic E-state index is -0.332. The summed E-state index contributed by atoms with van der Waals surface area (Å²) in [6, 6.07) is 3.90. The van der Waals surface area contributed by atoms with Crippen molar-refractivity contribution < 1.29 is 18.9 Å². The highest BCUT2D eigenvalue weighted by atomic mass is 32.1. The van der Waals surface area contributed by atoms with E-state index in [1.165, 1.54) is 24.8 Å². The molecule has 180 valence electrons. The number of hydrogen-bond donors (Lipinski definition) is 2. The predicted octanol–water partition coefficient (Wildman–Crippen LogP) is 4.38. The fraction of sp³-hybridized carbons (Fsp3) is 0.478. The zero-order chi connectivity index (χ0) is 23.5. The van der Waals surface area contributed by atoms with Crippen LogP contribution in [0.15, 0.2) is 16.8 Å². The van der Waals surface area contributed by atoms with Crippen LogP contribution in [0.5, 0.6) is 0 Å². The maximum Gasteiger partial charge on any atom is 0.341 e. The van der Waals surface area contributed by atoms with Crippen LogP contribution in [0.25, 0.3) is 11.0 Å². The zero-order valence-electron chi connectivity index (χ0n) is 19.0. The molecular formula is C23H27N5O4S2. The summed E-state index contributed by atoms with van der Waals surface area (Å²) in [4.78, 5) is 16.1. The van der Waals surface area contributed by atoms with Gasteiger partial charge in [-0.15, -0.1) is 11.3 Å².